The monoisotopic (exact) mass is 204 g/mol. The largest absolute Gasteiger partial charge is 0.298 e. The van der Waals surface area contributed by atoms with E-state index in [0.717, 1.165) is 0 Å². The van der Waals surface area contributed by atoms with Crippen LogP contribution in [-0.2, 0) is 4.79 Å². The van der Waals surface area contributed by atoms with E-state index < -0.39 is 0 Å². The summed E-state index contributed by atoms with van der Waals surface area (Å²) < 4.78 is 0. The second-order valence-corrected chi connectivity index (χ2v) is 5.97. The van der Waals surface area contributed by atoms with Gasteiger partial charge in [-0.05, 0) is 12.8 Å². The van der Waals surface area contributed by atoms with Gasteiger partial charge in [0.05, 0.1) is 5.41 Å². The number of carbonyl (C=O) groups is 1. The number of rotatable bonds is 1. The maximum Gasteiger partial charge on any atom is 0.152 e. The average Bonchev–Trinajstić information content (AvgIpc) is 2.13. The molecule has 3 rings (SSSR count). The summed E-state index contributed by atoms with van der Waals surface area (Å²) >= 11 is 0. The summed E-state index contributed by atoms with van der Waals surface area (Å²) in [5, 5.41) is 0. The summed E-state index contributed by atoms with van der Waals surface area (Å²) in [6.45, 7) is 10.6. The molecule has 0 aromatic rings. The van der Waals surface area contributed by atoms with Crippen LogP contribution in [0.15, 0.2) is 23.8 Å². The fraction of sp³-hybridized carbons (Fsp3) is 0.643. The van der Waals surface area contributed by atoms with Crippen LogP contribution in [0.5, 0.6) is 0 Å². The third-order valence-electron chi connectivity index (χ3n) is 3.98. The van der Waals surface area contributed by atoms with Gasteiger partial charge in [0, 0.05) is 11.3 Å². The highest BCUT2D eigenvalue weighted by atomic mass is 16.1. The quantitative estimate of drug-likeness (QED) is 0.598. The second kappa shape index (κ2) is 2.84. The van der Waals surface area contributed by atoms with Gasteiger partial charge in [-0.3, -0.25) is 4.79 Å². The van der Waals surface area contributed by atoms with Crippen LogP contribution < -0.4 is 0 Å². The van der Waals surface area contributed by atoms with Crippen molar-refractivity contribution in [3.63, 3.8) is 0 Å². The van der Waals surface area contributed by atoms with Gasteiger partial charge in [0.2, 0.25) is 0 Å². The molecule has 1 nitrogen and oxygen atoms in total. The zero-order chi connectivity index (χ0) is 11.4. The van der Waals surface area contributed by atoms with Crippen LogP contribution in [0.4, 0.5) is 0 Å². The maximum absolute atomic E-state index is 12.3. The zero-order valence-corrected chi connectivity index (χ0v) is 10.3. The molecular weight excluding hydrogens is 184 g/mol. The van der Waals surface area contributed by atoms with E-state index in [-0.39, 0.29) is 10.8 Å². The van der Waals surface area contributed by atoms with Crippen molar-refractivity contribution in [2.45, 2.75) is 34.6 Å². The van der Waals surface area contributed by atoms with Crippen molar-refractivity contribution in [2.24, 2.45) is 22.7 Å². The van der Waals surface area contributed by atoms with E-state index in [1.54, 1.807) is 0 Å². The molecule has 0 radical (unpaired) electrons. The molecule has 0 fully saturated rings. The van der Waals surface area contributed by atoms with Gasteiger partial charge in [-0.1, -0.05) is 51.5 Å². The molecule has 2 bridgehead atoms. The van der Waals surface area contributed by atoms with Crippen LogP contribution in [0.3, 0.4) is 0 Å². The molecule has 0 aromatic heterocycles. The third-order valence-corrected chi connectivity index (χ3v) is 3.98. The third kappa shape index (κ3) is 1.25. The fourth-order valence-corrected chi connectivity index (χ4v) is 3.05. The minimum absolute atomic E-state index is 0.224. The average molecular weight is 204 g/mol. The minimum Gasteiger partial charge on any atom is -0.298 e. The molecule has 0 aliphatic heterocycles. The first-order valence-corrected chi connectivity index (χ1v) is 5.76. The fourth-order valence-electron chi connectivity index (χ4n) is 3.05. The van der Waals surface area contributed by atoms with E-state index in [4.69, 9.17) is 0 Å². The predicted molar refractivity (Wildman–Crippen MR) is 62.4 cm³/mol. The lowest BCUT2D eigenvalue weighted by molar-refractivity contribution is -0.135. The molecule has 15 heavy (non-hydrogen) atoms. The molecule has 2 atom stereocenters. The number of hydrogen-bond acceptors (Lipinski definition) is 1. The van der Waals surface area contributed by atoms with Crippen LogP contribution in [0.1, 0.15) is 34.6 Å². The molecule has 0 saturated heterocycles. The Morgan fingerprint density at radius 1 is 1.27 bits per heavy atom. The Morgan fingerprint density at radius 3 is 2.33 bits per heavy atom. The highest BCUT2D eigenvalue weighted by Crippen LogP contribution is 2.52. The molecule has 0 N–H and O–H groups in total. The van der Waals surface area contributed by atoms with Gasteiger partial charge in [0.15, 0.2) is 5.78 Å². The Hall–Kier alpha value is -0.850. The Balaban J connectivity index is 2.58. The highest BCUT2D eigenvalue weighted by molar-refractivity contribution is 5.96. The number of hydrogen-bond donors (Lipinski definition) is 0. The lowest BCUT2D eigenvalue weighted by atomic mass is 9.54. The Kier molecular flexibility index (Phi) is 2.02. The van der Waals surface area contributed by atoms with Crippen LogP contribution in [-0.4, -0.2) is 5.78 Å². The molecular formula is C14H20O. The van der Waals surface area contributed by atoms with Crippen molar-refractivity contribution in [3.8, 4) is 0 Å². The smallest absolute Gasteiger partial charge is 0.152 e. The summed E-state index contributed by atoms with van der Waals surface area (Å²) in [4.78, 5) is 12.3. The van der Waals surface area contributed by atoms with Gasteiger partial charge in [0.25, 0.3) is 0 Å². The van der Waals surface area contributed by atoms with E-state index >= 15 is 0 Å². The van der Waals surface area contributed by atoms with E-state index in [0.29, 0.717) is 17.6 Å². The van der Waals surface area contributed by atoms with Crippen molar-refractivity contribution in [2.75, 3.05) is 0 Å². The molecule has 0 heterocycles. The van der Waals surface area contributed by atoms with Gasteiger partial charge in [0.1, 0.15) is 0 Å². The maximum atomic E-state index is 12.3. The van der Waals surface area contributed by atoms with E-state index in [2.05, 4.69) is 45.9 Å². The van der Waals surface area contributed by atoms with Gasteiger partial charge in [-0.15, -0.1) is 0 Å². The predicted octanol–water partition coefficient (Wildman–Crippen LogP) is 3.37. The zero-order valence-electron chi connectivity index (χ0n) is 10.3. The van der Waals surface area contributed by atoms with Crippen LogP contribution in [0.2, 0.25) is 0 Å². The summed E-state index contributed by atoms with van der Waals surface area (Å²) in [5.41, 5.74) is 0.861. The highest BCUT2D eigenvalue weighted by Gasteiger charge is 2.52. The van der Waals surface area contributed by atoms with E-state index in [1.165, 1.54) is 5.57 Å². The number of allylic oxidation sites excluding steroid dienone is 4. The van der Waals surface area contributed by atoms with Gasteiger partial charge >= 0.3 is 0 Å². The van der Waals surface area contributed by atoms with Crippen molar-refractivity contribution in [1.82, 2.24) is 0 Å². The first kappa shape index (κ1) is 10.7. The summed E-state index contributed by atoms with van der Waals surface area (Å²) in [6, 6.07) is 0. The lowest BCUT2D eigenvalue weighted by Gasteiger charge is -2.48. The molecule has 2 unspecified atom stereocenters. The van der Waals surface area contributed by atoms with Crippen molar-refractivity contribution in [3.05, 3.63) is 23.8 Å². The van der Waals surface area contributed by atoms with Gasteiger partial charge < -0.3 is 0 Å². The van der Waals surface area contributed by atoms with Crippen molar-refractivity contribution in [1.29, 1.82) is 0 Å². The number of fused-ring (bicyclic) bond motifs is 1. The first-order valence-electron chi connectivity index (χ1n) is 5.76. The minimum atomic E-state index is -0.349. The molecule has 3 aliphatic rings. The lowest BCUT2D eigenvalue weighted by Crippen LogP contribution is -2.49. The van der Waals surface area contributed by atoms with Gasteiger partial charge in [-0.25, -0.2) is 0 Å². The standard InChI is InChI=1S/C14H20O/c1-9(2)10-8-14(5)7-6-11(10)13(3,4)12(14)15/h6-9,11H,1-5H3. The molecule has 1 heteroatoms. The Bertz CT molecular complexity index is 371. The molecule has 0 saturated carbocycles. The SMILES string of the molecule is CC(C)C1=CC2(C)C=CC1C(C)(C)C2=O. The van der Waals surface area contributed by atoms with Crippen LogP contribution >= 0.6 is 0 Å². The molecule has 82 valence electrons. The summed E-state index contributed by atoms with van der Waals surface area (Å²) in [5.74, 6) is 1.21. The van der Waals surface area contributed by atoms with E-state index in [1.807, 2.05) is 6.92 Å². The first-order chi connectivity index (χ1) is 6.79. The summed E-state index contributed by atoms with van der Waals surface area (Å²) in [6.07, 6.45) is 6.50. The van der Waals surface area contributed by atoms with Crippen molar-refractivity contribution >= 4 is 5.78 Å². The Labute approximate surface area is 92.3 Å². The van der Waals surface area contributed by atoms with Crippen LogP contribution in [0, 0.1) is 22.7 Å². The molecule has 3 aliphatic carbocycles. The molecule has 0 amide bonds. The number of ketones is 1. The van der Waals surface area contributed by atoms with Crippen LogP contribution in [0.25, 0.3) is 0 Å². The molecule has 0 spiro atoms. The molecule has 0 aromatic carbocycles. The second-order valence-electron chi connectivity index (χ2n) is 5.97. The van der Waals surface area contributed by atoms with E-state index in [9.17, 15) is 4.79 Å². The normalized spacial score (nSPS) is 37.3. The van der Waals surface area contributed by atoms with Crippen molar-refractivity contribution < 1.29 is 4.79 Å². The Morgan fingerprint density at radius 2 is 1.87 bits per heavy atom. The number of carbonyl (C=O) groups excluding carboxylic acids is 1. The van der Waals surface area contributed by atoms with Gasteiger partial charge in [-0.2, -0.15) is 0 Å². The number of Topliss-reactive ketones (excluding diaryl/α,β-unsaturated/α-hetero) is 1. The topological polar surface area (TPSA) is 17.1 Å². The summed E-state index contributed by atoms with van der Waals surface area (Å²) in [7, 11) is 0.